The molecule has 124 valence electrons. The van der Waals surface area contributed by atoms with Crippen LogP contribution in [-0.4, -0.2) is 33.1 Å². The van der Waals surface area contributed by atoms with Crippen molar-refractivity contribution in [1.29, 1.82) is 0 Å². The van der Waals surface area contributed by atoms with Crippen molar-refractivity contribution in [3.63, 3.8) is 0 Å². The van der Waals surface area contributed by atoms with Gasteiger partial charge in [-0.3, -0.25) is 10.1 Å². The van der Waals surface area contributed by atoms with Crippen molar-refractivity contribution in [2.75, 3.05) is 18.5 Å². The number of hydrogen-bond donors (Lipinski definition) is 2. The molecule has 1 aromatic carbocycles. The normalized spacial score (nSPS) is 10.0. The molecule has 0 saturated heterocycles. The third kappa shape index (κ3) is 4.63. The molecule has 2 N–H and O–H groups in total. The number of azide groups is 1. The molecule has 0 radical (unpaired) electrons. The van der Waals surface area contributed by atoms with E-state index in [1.807, 2.05) is 0 Å². The number of nitrogens with zero attached hydrogens (tertiary/aromatic N) is 6. The second-order valence-electron chi connectivity index (χ2n) is 4.76. The Hall–Kier alpha value is -3.23. The van der Waals surface area contributed by atoms with Crippen LogP contribution in [0.2, 0.25) is 0 Å². The SMILES string of the molecule is [N-]=[N+]=Nc1ccc(NCCc2nccc(CCO)n2)c([N+](=O)[O-])c1. The minimum atomic E-state index is -0.545. The molecule has 1 heterocycles. The highest BCUT2D eigenvalue weighted by atomic mass is 16.6. The average Bonchev–Trinajstić information content (AvgIpc) is 2.57. The zero-order chi connectivity index (χ0) is 17.4. The number of benzene rings is 1. The minimum absolute atomic E-state index is 0.0123. The van der Waals surface area contributed by atoms with Crippen molar-refractivity contribution in [1.82, 2.24) is 9.97 Å². The highest BCUT2D eigenvalue weighted by Gasteiger charge is 2.14. The van der Waals surface area contributed by atoms with Crippen molar-refractivity contribution >= 4 is 17.1 Å². The molecular weight excluding hydrogens is 314 g/mol. The van der Waals surface area contributed by atoms with E-state index in [9.17, 15) is 10.1 Å². The van der Waals surface area contributed by atoms with E-state index in [1.165, 1.54) is 18.2 Å². The quantitative estimate of drug-likeness (QED) is 0.250. The highest BCUT2D eigenvalue weighted by molar-refractivity contribution is 5.66. The van der Waals surface area contributed by atoms with Gasteiger partial charge in [-0.2, -0.15) is 0 Å². The van der Waals surface area contributed by atoms with Gasteiger partial charge in [-0.25, -0.2) is 9.97 Å². The Kier molecular flexibility index (Phi) is 6.01. The third-order valence-electron chi connectivity index (χ3n) is 3.13. The number of nitro benzene ring substituents is 1. The first-order valence-corrected chi connectivity index (χ1v) is 7.13. The number of aliphatic hydroxyl groups excluding tert-OH is 1. The molecule has 2 rings (SSSR count). The second kappa shape index (κ2) is 8.42. The summed E-state index contributed by atoms with van der Waals surface area (Å²) in [6, 6.07) is 5.92. The highest BCUT2D eigenvalue weighted by Crippen LogP contribution is 2.29. The maximum absolute atomic E-state index is 11.1. The van der Waals surface area contributed by atoms with E-state index in [2.05, 4.69) is 25.3 Å². The lowest BCUT2D eigenvalue weighted by Gasteiger charge is -2.07. The Labute approximate surface area is 137 Å². The third-order valence-corrected chi connectivity index (χ3v) is 3.13. The topological polar surface area (TPSA) is 150 Å². The fourth-order valence-corrected chi connectivity index (χ4v) is 2.06. The average molecular weight is 329 g/mol. The number of aliphatic hydroxyl groups is 1. The number of anilines is 1. The minimum Gasteiger partial charge on any atom is -0.396 e. The van der Waals surface area contributed by atoms with E-state index >= 15 is 0 Å². The first-order chi connectivity index (χ1) is 11.6. The molecule has 0 atom stereocenters. The Morgan fingerprint density at radius 3 is 2.92 bits per heavy atom. The first-order valence-electron chi connectivity index (χ1n) is 7.13. The van der Waals surface area contributed by atoms with Crippen LogP contribution in [0.3, 0.4) is 0 Å². The van der Waals surface area contributed by atoms with E-state index in [0.29, 0.717) is 30.9 Å². The second-order valence-corrected chi connectivity index (χ2v) is 4.76. The Morgan fingerprint density at radius 1 is 1.38 bits per heavy atom. The summed E-state index contributed by atoms with van der Waals surface area (Å²) in [4.78, 5) is 21.6. The lowest BCUT2D eigenvalue weighted by Crippen LogP contribution is -2.10. The Balaban J connectivity index is 2.05. The van der Waals surface area contributed by atoms with Crippen LogP contribution in [0.1, 0.15) is 11.5 Å². The number of nitrogens with one attached hydrogen (secondary N) is 1. The molecule has 0 amide bonds. The van der Waals surface area contributed by atoms with Gasteiger partial charge in [0, 0.05) is 54.5 Å². The van der Waals surface area contributed by atoms with Crippen molar-refractivity contribution in [2.45, 2.75) is 12.8 Å². The molecule has 0 spiro atoms. The molecule has 0 aliphatic carbocycles. The predicted octanol–water partition coefficient (Wildman–Crippen LogP) is 2.52. The summed E-state index contributed by atoms with van der Waals surface area (Å²) in [5.41, 5.74) is 9.46. The number of hydrogen-bond acceptors (Lipinski definition) is 7. The van der Waals surface area contributed by atoms with E-state index in [0.717, 1.165) is 5.69 Å². The largest absolute Gasteiger partial charge is 0.396 e. The van der Waals surface area contributed by atoms with E-state index in [1.54, 1.807) is 12.3 Å². The van der Waals surface area contributed by atoms with Gasteiger partial charge in [-0.1, -0.05) is 11.2 Å². The van der Waals surface area contributed by atoms with Crippen LogP contribution in [0.4, 0.5) is 17.1 Å². The fraction of sp³-hybridized carbons (Fsp3) is 0.286. The number of aromatic nitrogens is 2. The van der Waals surface area contributed by atoms with Crippen LogP contribution in [-0.2, 0) is 12.8 Å². The maximum atomic E-state index is 11.1. The summed E-state index contributed by atoms with van der Waals surface area (Å²) < 4.78 is 0. The molecular formula is C14H15N7O3. The van der Waals surface area contributed by atoms with Crippen LogP contribution in [0.15, 0.2) is 35.6 Å². The van der Waals surface area contributed by atoms with E-state index in [-0.39, 0.29) is 18.0 Å². The smallest absolute Gasteiger partial charge is 0.292 e. The van der Waals surface area contributed by atoms with Gasteiger partial charge in [0.2, 0.25) is 0 Å². The van der Waals surface area contributed by atoms with Gasteiger partial charge in [0.15, 0.2) is 0 Å². The van der Waals surface area contributed by atoms with Crippen LogP contribution in [0.5, 0.6) is 0 Å². The summed E-state index contributed by atoms with van der Waals surface area (Å²) in [6.07, 6.45) is 2.54. The maximum Gasteiger partial charge on any atom is 0.292 e. The molecule has 0 saturated carbocycles. The molecule has 0 bridgehead atoms. The van der Waals surface area contributed by atoms with Crippen LogP contribution in [0.25, 0.3) is 10.4 Å². The molecule has 10 heteroatoms. The van der Waals surface area contributed by atoms with Gasteiger partial charge in [-0.15, -0.1) is 0 Å². The van der Waals surface area contributed by atoms with Crippen molar-refractivity contribution in [3.8, 4) is 0 Å². The number of rotatable bonds is 8. The van der Waals surface area contributed by atoms with Crippen molar-refractivity contribution in [2.24, 2.45) is 5.11 Å². The van der Waals surface area contributed by atoms with Gasteiger partial charge >= 0.3 is 0 Å². The lowest BCUT2D eigenvalue weighted by atomic mass is 10.2. The van der Waals surface area contributed by atoms with Crippen molar-refractivity contribution < 1.29 is 10.0 Å². The van der Waals surface area contributed by atoms with Crippen LogP contribution >= 0.6 is 0 Å². The Bertz CT molecular complexity index is 775. The molecule has 24 heavy (non-hydrogen) atoms. The van der Waals surface area contributed by atoms with Gasteiger partial charge in [-0.05, 0) is 17.7 Å². The standard InChI is InChI=1S/C14H15N7O3/c15-20-19-11-1-2-12(13(9-11)21(23)24)16-7-4-14-17-6-3-10(18-14)5-8-22/h1-3,6,9,16,22H,4-5,7-8H2. The summed E-state index contributed by atoms with van der Waals surface area (Å²) >= 11 is 0. The number of nitro groups is 1. The monoisotopic (exact) mass is 329 g/mol. The zero-order valence-electron chi connectivity index (χ0n) is 12.7. The van der Waals surface area contributed by atoms with Crippen LogP contribution < -0.4 is 5.32 Å². The first kappa shape index (κ1) is 17.1. The van der Waals surface area contributed by atoms with Crippen molar-refractivity contribution in [3.05, 3.63) is 62.5 Å². The van der Waals surface area contributed by atoms with Gasteiger partial charge in [0.1, 0.15) is 11.5 Å². The van der Waals surface area contributed by atoms with Crippen LogP contribution in [0, 0.1) is 10.1 Å². The summed E-state index contributed by atoms with van der Waals surface area (Å²) in [7, 11) is 0. The molecule has 2 aromatic rings. The molecule has 0 fully saturated rings. The van der Waals surface area contributed by atoms with Gasteiger partial charge in [0.05, 0.1) is 4.92 Å². The van der Waals surface area contributed by atoms with Gasteiger partial charge in [0.25, 0.3) is 5.69 Å². The lowest BCUT2D eigenvalue weighted by molar-refractivity contribution is -0.383. The molecule has 0 aliphatic heterocycles. The molecule has 1 aromatic heterocycles. The van der Waals surface area contributed by atoms with E-state index < -0.39 is 4.92 Å². The summed E-state index contributed by atoms with van der Waals surface area (Å²) in [6.45, 7) is 0.405. The molecule has 10 nitrogen and oxygen atoms in total. The Morgan fingerprint density at radius 2 is 2.21 bits per heavy atom. The summed E-state index contributed by atoms with van der Waals surface area (Å²) in [5, 5.41) is 26.3. The zero-order valence-corrected chi connectivity index (χ0v) is 12.7. The predicted molar refractivity (Wildman–Crippen MR) is 86.9 cm³/mol. The van der Waals surface area contributed by atoms with Gasteiger partial charge < -0.3 is 10.4 Å². The summed E-state index contributed by atoms with van der Waals surface area (Å²) in [5.74, 6) is 0.585. The molecule has 0 unspecified atom stereocenters. The molecule has 0 aliphatic rings. The fourth-order valence-electron chi connectivity index (χ4n) is 2.06. The van der Waals surface area contributed by atoms with E-state index in [4.69, 9.17) is 10.6 Å².